The lowest BCUT2D eigenvalue weighted by Crippen LogP contribution is -2.15. The molecule has 0 spiro atoms. The van der Waals surface area contributed by atoms with Gasteiger partial charge in [0.1, 0.15) is 22.0 Å². The van der Waals surface area contributed by atoms with Gasteiger partial charge in [0.15, 0.2) is 5.78 Å². The minimum Gasteiger partial charge on any atom is -0.494 e. The number of rotatable bonds is 5. The molecule has 0 atom stereocenters. The van der Waals surface area contributed by atoms with Crippen LogP contribution in [-0.2, 0) is 17.1 Å². The van der Waals surface area contributed by atoms with Crippen molar-refractivity contribution < 1.29 is 17.9 Å². The highest BCUT2D eigenvalue weighted by Gasteiger charge is 2.21. The van der Waals surface area contributed by atoms with Crippen LogP contribution in [-0.4, -0.2) is 36.1 Å². The minimum atomic E-state index is -3.92. The van der Waals surface area contributed by atoms with E-state index in [9.17, 15) is 13.2 Å². The summed E-state index contributed by atoms with van der Waals surface area (Å²) in [7, 11) is -0.751. The number of nitrogens with zero attached hydrogens (tertiary/aromatic N) is 3. The molecule has 130 valence electrons. The van der Waals surface area contributed by atoms with Gasteiger partial charge < -0.3 is 4.74 Å². The lowest BCUT2D eigenvalue weighted by atomic mass is 10.2. The Morgan fingerprint density at radius 1 is 1.20 bits per heavy atom. The number of methoxy groups -OCH3 is 1. The number of nitrogens with one attached hydrogen (secondary N) is 1. The number of ether oxygens (including phenoxy) is 1. The summed E-state index contributed by atoms with van der Waals surface area (Å²) in [6.45, 7) is 1.36. The van der Waals surface area contributed by atoms with Crippen LogP contribution in [0.2, 0.25) is 0 Å². The van der Waals surface area contributed by atoms with Gasteiger partial charge in [-0.05, 0) is 24.3 Å². The predicted octanol–water partition coefficient (Wildman–Crippen LogP) is 1.98. The van der Waals surface area contributed by atoms with Crippen molar-refractivity contribution in [1.82, 2.24) is 14.8 Å². The molecule has 2 aromatic heterocycles. The maximum Gasteiger partial charge on any atom is 0.263 e. The van der Waals surface area contributed by atoms with E-state index in [0.717, 1.165) is 11.6 Å². The summed E-state index contributed by atoms with van der Waals surface area (Å²) in [6.07, 6.45) is 2.78. The highest BCUT2D eigenvalue weighted by molar-refractivity contribution is 7.92. The Morgan fingerprint density at radius 3 is 2.56 bits per heavy atom. The minimum absolute atomic E-state index is 0.0567. The van der Waals surface area contributed by atoms with Crippen molar-refractivity contribution in [3.63, 3.8) is 0 Å². The number of hydrogen-bond acceptors (Lipinski definition) is 6. The van der Waals surface area contributed by atoms with Crippen molar-refractivity contribution in [2.75, 3.05) is 11.8 Å². The van der Waals surface area contributed by atoms with Gasteiger partial charge in [-0.15, -0.1) is 0 Å². The fourth-order valence-corrected chi connectivity index (χ4v) is 3.48. The second-order valence-electron chi connectivity index (χ2n) is 5.39. The van der Waals surface area contributed by atoms with Crippen LogP contribution in [0.1, 0.15) is 17.4 Å². The zero-order valence-electron chi connectivity index (χ0n) is 13.8. The van der Waals surface area contributed by atoms with Crippen molar-refractivity contribution in [2.24, 2.45) is 7.05 Å². The van der Waals surface area contributed by atoms with E-state index in [-0.39, 0.29) is 22.1 Å². The smallest absolute Gasteiger partial charge is 0.263 e. The molecule has 0 aliphatic rings. The number of anilines is 1. The number of fused-ring (bicyclic) bond motifs is 1. The quantitative estimate of drug-likeness (QED) is 0.698. The molecule has 25 heavy (non-hydrogen) atoms. The van der Waals surface area contributed by atoms with Gasteiger partial charge in [0.05, 0.1) is 18.8 Å². The summed E-state index contributed by atoms with van der Waals surface area (Å²) in [4.78, 5) is 15.1. The standard InChI is InChI=1S/C16H16N4O4S/c1-10(21)13-6-5-12(9-17-13)25(22,23)19-15-14(24-3)7-4-11-8-18-20(2)16(11)15/h4-9,19H,1-3H3. The molecule has 0 fully saturated rings. The van der Waals surface area contributed by atoms with Crippen LogP contribution in [0.4, 0.5) is 5.69 Å². The lowest BCUT2D eigenvalue weighted by molar-refractivity contribution is 0.101. The van der Waals surface area contributed by atoms with Crippen molar-refractivity contribution >= 4 is 32.4 Å². The third-order valence-corrected chi connectivity index (χ3v) is 5.06. The molecule has 1 aromatic carbocycles. The number of aromatic nitrogens is 3. The molecule has 9 heteroatoms. The summed E-state index contributed by atoms with van der Waals surface area (Å²) in [6, 6.07) is 6.17. The summed E-state index contributed by atoms with van der Waals surface area (Å²) >= 11 is 0. The molecule has 0 bridgehead atoms. The molecule has 3 aromatic rings. The van der Waals surface area contributed by atoms with Crippen molar-refractivity contribution in [3.05, 3.63) is 42.4 Å². The first-order chi connectivity index (χ1) is 11.8. The molecule has 2 heterocycles. The first-order valence-electron chi connectivity index (χ1n) is 7.32. The largest absolute Gasteiger partial charge is 0.494 e. The molecule has 0 unspecified atom stereocenters. The van der Waals surface area contributed by atoms with Crippen LogP contribution in [0.25, 0.3) is 10.9 Å². The van der Waals surface area contributed by atoms with E-state index in [1.54, 1.807) is 30.1 Å². The van der Waals surface area contributed by atoms with E-state index in [4.69, 9.17) is 4.74 Å². The Morgan fingerprint density at radius 2 is 1.96 bits per heavy atom. The van der Waals surface area contributed by atoms with Gasteiger partial charge in [-0.3, -0.25) is 19.2 Å². The van der Waals surface area contributed by atoms with E-state index in [1.165, 1.54) is 26.2 Å². The molecule has 0 saturated heterocycles. The van der Waals surface area contributed by atoms with Gasteiger partial charge in [0, 0.05) is 25.6 Å². The highest BCUT2D eigenvalue weighted by Crippen LogP contribution is 2.34. The van der Waals surface area contributed by atoms with E-state index in [2.05, 4.69) is 14.8 Å². The molecule has 1 N–H and O–H groups in total. The number of ketones is 1. The molecule has 0 saturated carbocycles. The molecule has 8 nitrogen and oxygen atoms in total. The van der Waals surface area contributed by atoms with Crippen molar-refractivity contribution in [2.45, 2.75) is 11.8 Å². The molecule has 0 aliphatic heterocycles. The van der Waals surface area contributed by atoms with Crippen molar-refractivity contribution in [3.8, 4) is 5.75 Å². The predicted molar refractivity (Wildman–Crippen MR) is 92.3 cm³/mol. The fraction of sp³-hybridized carbons (Fsp3) is 0.188. The Kier molecular flexibility index (Phi) is 4.17. The topological polar surface area (TPSA) is 103 Å². The molecule has 0 amide bonds. The van der Waals surface area contributed by atoms with Crippen LogP contribution in [0.15, 0.2) is 41.6 Å². The second-order valence-corrected chi connectivity index (χ2v) is 7.07. The second kappa shape index (κ2) is 6.17. The van der Waals surface area contributed by atoms with Gasteiger partial charge in [-0.25, -0.2) is 8.42 Å². The fourth-order valence-electron chi connectivity index (χ4n) is 2.46. The van der Waals surface area contributed by atoms with Crippen molar-refractivity contribution in [1.29, 1.82) is 0 Å². The maximum absolute atomic E-state index is 12.7. The summed E-state index contributed by atoms with van der Waals surface area (Å²) < 4.78 is 34.8. The van der Waals surface area contributed by atoms with Gasteiger partial charge in [0.25, 0.3) is 10.0 Å². The molecule has 0 aliphatic carbocycles. The van der Waals surface area contributed by atoms with Gasteiger partial charge in [0.2, 0.25) is 0 Å². The molecule has 0 radical (unpaired) electrons. The zero-order chi connectivity index (χ0) is 18.2. The number of carbonyl (C=O) groups is 1. The maximum atomic E-state index is 12.7. The highest BCUT2D eigenvalue weighted by atomic mass is 32.2. The normalized spacial score (nSPS) is 11.5. The van der Waals surface area contributed by atoms with E-state index in [1.807, 2.05) is 0 Å². The summed E-state index contributed by atoms with van der Waals surface area (Å²) in [5.74, 6) is 0.131. The lowest BCUT2D eigenvalue weighted by Gasteiger charge is -2.13. The monoisotopic (exact) mass is 360 g/mol. The first kappa shape index (κ1) is 16.9. The summed E-state index contributed by atoms with van der Waals surface area (Å²) in [5, 5.41) is 4.91. The average molecular weight is 360 g/mol. The number of carbonyl (C=O) groups excluding carboxylic acids is 1. The van der Waals surface area contributed by atoms with Crippen LogP contribution in [0.3, 0.4) is 0 Å². The third kappa shape index (κ3) is 3.05. The van der Waals surface area contributed by atoms with Gasteiger partial charge in [-0.2, -0.15) is 5.10 Å². The Hall–Kier alpha value is -2.94. The SMILES string of the molecule is COc1ccc2cnn(C)c2c1NS(=O)(=O)c1ccc(C(C)=O)nc1. The summed E-state index contributed by atoms with van der Waals surface area (Å²) in [5.41, 5.74) is 1.08. The van der Waals surface area contributed by atoms with Crippen LogP contribution in [0.5, 0.6) is 5.75 Å². The molecular weight excluding hydrogens is 344 g/mol. The van der Waals surface area contributed by atoms with E-state index >= 15 is 0 Å². The number of Topliss-reactive ketones (excluding diaryl/α,β-unsaturated/α-hetero) is 1. The number of benzene rings is 1. The Bertz CT molecular complexity index is 1060. The molecule has 3 rings (SSSR count). The van der Waals surface area contributed by atoms with Gasteiger partial charge >= 0.3 is 0 Å². The third-order valence-electron chi connectivity index (χ3n) is 3.73. The van der Waals surface area contributed by atoms with E-state index in [0.29, 0.717) is 11.3 Å². The number of pyridine rings is 1. The Labute approximate surface area is 144 Å². The molecular formula is C16H16N4O4S. The number of sulfonamides is 1. The van der Waals surface area contributed by atoms with Crippen LogP contribution < -0.4 is 9.46 Å². The van der Waals surface area contributed by atoms with E-state index < -0.39 is 10.0 Å². The zero-order valence-corrected chi connectivity index (χ0v) is 14.7. The number of hydrogen-bond donors (Lipinski definition) is 1. The van der Waals surface area contributed by atoms with Crippen LogP contribution >= 0.6 is 0 Å². The average Bonchev–Trinajstić information content (AvgIpc) is 2.96. The number of aryl methyl sites for hydroxylation is 1. The van der Waals surface area contributed by atoms with Crippen LogP contribution in [0, 0.1) is 0 Å². The Balaban J connectivity index is 2.08. The van der Waals surface area contributed by atoms with Gasteiger partial charge in [-0.1, -0.05) is 0 Å². The first-order valence-corrected chi connectivity index (χ1v) is 8.80.